The fraction of sp³-hybridized carbons (Fsp3) is 0.905. The molecule has 1 aliphatic rings. The Morgan fingerprint density at radius 1 is 1.27 bits per heavy atom. The molecule has 1 heterocycles. The summed E-state index contributed by atoms with van der Waals surface area (Å²) in [4.78, 5) is 18.6. The Kier molecular flexibility index (Phi) is 13.2. The Morgan fingerprint density at radius 2 is 1.87 bits per heavy atom. The highest BCUT2D eigenvalue weighted by Gasteiger charge is 2.33. The van der Waals surface area contributed by atoms with Gasteiger partial charge in [0, 0.05) is 66.4 Å². The molecule has 178 valence electrons. The molecule has 9 heteroatoms. The van der Waals surface area contributed by atoms with Crippen LogP contribution < -0.4 is 10.6 Å². The number of nitrogens with zero attached hydrogens (tertiary/aromatic N) is 2. The number of halogens is 1. The number of methoxy groups -OCH3 is 1. The van der Waals surface area contributed by atoms with Crippen LogP contribution in [-0.4, -0.2) is 81.7 Å². The molecule has 0 aromatic carbocycles. The van der Waals surface area contributed by atoms with Crippen molar-refractivity contribution in [2.45, 2.75) is 71.1 Å². The van der Waals surface area contributed by atoms with Crippen molar-refractivity contribution in [1.82, 2.24) is 15.5 Å². The van der Waals surface area contributed by atoms with Gasteiger partial charge in [0.05, 0.1) is 5.60 Å². The highest BCUT2D eigenvalue weighted by atomic mass is 127. The summed E-state index contributed by atoms with van der Waals surface area (Å²) in [6.45, 7) is 12.7. The van der Waals surface area contributed by atoms with E-state index in [-0.39, 0.29) is 41.7 Å². The Labute approximate surface area is 199 Å². The van der Waals surface area contributed by atoms with Gasteiger partial charge >= 0.3 is 6.09 Å². The third kappa shape index (κ3) is 10.5. The molecule has 1 aliphatic heterocycles. The van der Waals surface area contributed by atoms with Crippen LogP contribution in [0.4, 0.5) is 4.79 Å². The lowest BCUT2D eigenvalue weighted by atomic mass is 9.94. The van der Waals surface area contributed by atoms with Gasteiger partial charge < -0.3 is 29.7 Å². The van der Waals surface area contributed by atoms with Crippen molar-refractivity contribution in [3.63, 3.8) is 0 Å². The summed E-state index contributed by atoms with van der Waals surface area (Å²) in [5.41, 5.74) is -0.719. The van der Waals surface area contributed by atoms with Crippen molar-refractivity contribution in [2.75, 3.05) is 47.5 Å². The standard InChI is InChI=1S/C21H42N4O4.HI/c1-16(2)17(24-19(26)29-20(3,4)5)9-12-25(7)18(22-6)23-15-21(27-8)10-13-28-14-11-21;/h16-17H,9-15H2,1-8H3,(H,22,23)(H,24,26);1H. The minimum absolute atomic E-state index is 0. The van der Waals surface area contributed by atoms with Gasteiger partial charge in [0.15, 0.2) is 5.96 Å². The number of hydrogen-bond acceptors (Lipinski definition) is 5. The number of ether oxygens (including phenoxy) is 3. The molecule has 8 nitrogen and oxygen atoms in total. The molecular formula is C21H43IN4O4. The third-order valence-corrected chi connectivity index (χ3v) is 5.26. The maximum Gasteiger partial charge on any atom is 0.407 e. The van der Waals surface area contributed by atoms with Gasteiger partial charge in [-0.25, -0.2) is 4.79 Å². The van der Waals surface area contributed by atoms with Crippen LogP contribution in [0.15, 0.2) is 4.99 Å². The number of amides is 1. The van der Waals surface area contributed by atoms with Gasteiger partial charge in [-0.3, -0.25) is 4.99 Å². The number of rotatable bonds is 8. The van der Waals surface area contributed by atoms with Crippen molar-refractivity contribution in [1.29, 1.82) is 0 Å². The monoisotopic (exact) mass is 542 g/mol. The summed E-state index contributed by atoms with van der Waals surface area (Å²) < 4.78 is 16.7. The van der Waals surface area contributed by atoms with Crippen molar-refractivity contribution in [3.8, 4) is 0 Å². The normalized spacial score (nSPS) is 17.7. The third-order valence-electron chi connectivity index (χ3n) is 5.26. The van der Waals surface area contributed by atoms with E-state index in [0.717, 1.165) is 45.0 Å². The minimum Gasteiger partial charge on any atom is -0.444 e. The zero-order valence-electron chi connectivity index (χ0n) is 20.0. The molecule has 0 aromatic heterocycles. The van der Waals surface area contributed by atoms with Crippen molar-refractivity contribution < 1.29 is 19.0 Å². The Hall–Kier alpha value is -0.810. The lowest BCUT2D eigenvalue weighted by Gasteiger charge is -2.37. The van der Waals surface area contributed by atoms with Crippen molar-refractivity contribution in [3.05, 3.63) is 0 Å². The lowest BCUT2D eigenvalue weighted by molar-refractivity contribution is -0.0857. The number of carbonyl (C=O) groups excluding carboxylic acids is 1. The van der Waals surface area contributed by atoms with Crippen molar-refractivity contribution in [2.24, 2.45) is 10.9 Å². The maximum absolute atomic E-state index is 12.1. The molecule has 1 rings (SSSR count). The largest absolute Gasteiger partial charge is 0.444 e. The molecule has 0 radical (unpaired) electrons. The summed E-state index contributed by atoms with van der Waals surface area (Å²) in [7, 11) is 5.54. The van der Waals surface area contributed by atoms with E-state index >= 15 is 0 Å². The predicted molar refractivity (Wildman–Crippen MR) is 132 cm³/mol. The lowest BCUT2D eigenvalue weighted by Crippen LogP contribution is -2.51. The fourth-order valence-corrected chi connectivity index (χ4v) is 3.29. The first-order chi connectivity index (χ1) is 13.5. The molecule has 0 spiro atoms. The Morgan fingerprint density at radius 3 is 2.33 bits per heavy atom. The van der Waals surface area contributed by atoms with E-state index in [9.17, 15) is 4.79 Å². The number of carbonyl (C=O) groups is 1. The minimum atomic E-state index is -0.504. The topological polar surface area (TPSA) is 84.4 Å². The van der Waals surface area contributed by atoms with Gasteiger partial charge in [-0.05, 0) is 33.1 Å². The smallest absolute Gasteiger partial charge is 0.407 e. The van der Waals surface area contributed by atoms with E-state index in [4.69, 9.17) is 14.2 Å². The SMILES string of the molecule is CN=C(NCC1(OC)CCOCC1)N(C)CCC(NC(=O)OC(C)(C)C)C(C)C.I. The molecule has 1 fully saturated rings. The summed E-state index contributed by atoms with van der Waals surface area (Å²) in [5, 5.41) is 6.44. The van der Waals surface area contributed by atoms with Gasteiger partial charge in [0.25, 0.3) is 0 Å². The number of hydrogen-bond donors (Lipinski definition) is 2. The molecule has 1 saturated heterocycles. The first-order valence-corrected chi connectivity index (χ1v) is 10.6. The molecule has 0 saturated carbocycles. The van der Waals surface area contributed by atoms with E-state index in [0.29, 0.717) is 12.5 Å². The van der Waals surface area contributed by atoms with Gasteiger partial charge in [-0.1, -0.05) is 13.8 Å². The van der Waals surface area contributed by atoms with Gasteiger partial charge in [0.1, 0.15) is 5.60 Å². The quantitative estimate of drug-likeness (QED) is 0.279. The molecule has 0 aromatic rings. The van der Waals surface area contributed by atoms with Crippen LogP contribution in [-0.2, 0) is 14.2 Å². The summed E-state index contributed by atoms with van der Waals surface area (Å²) in [6.07, 6.45) is 2.15. The molecule has 1 unspecified atom stereocenters. The zero-order chi connectivity index (χ0) is 22.1. The Balaban J connectivity index is 0.00000841. The second-order valence-electron chi connectivity index (χ2n) is 9.11. The number of nitrogens with one attached hydrogen (secondary N) is 2. The van der Waals surface area contributed by atoms with Crippen LogP contribution in [0.3, 0.4) is 0 Å². The van der Waals surface area contributed by atoms with E-state index in [1.54, 1.807) is 14.2 Å². The number of alkyl carbamates (subject to hydrolysis) is 1. The first-order valence-electron chi connectivity index (χ1n) is 10.6. The van der Waals surface area contributed by atoms with E-state index in [1.807, 2.05) is 27.8 Å². The Bertz CT molecular complexity index is 532. The van der Waals surface area contributed by atoms with Crippen LogP contribution in [0.5, 0.6) is 0 Å². The molecule has 2 N–H and O–H groups in total. The second kappa shape index (κ2) is 13.6. The average molecular weight is 543 g/mol. The molecular weight excluding hydrogens is 499 g/mol. The maximum atomic E-state index is 12.1. The van der Waals surface area contributed by atoms with Gasteiger partial charge in [-0.15, -0.1) is 24.0 Å². The fourth-order valence-electron chi connectivity index (χ4n) is 3.29. The predicted octanol–water partition coefficient (Wildman–Crippen LogP) is 3.25. The molecule has 1 amide bonds. The summed E-state index contributed by atoms with van der Waals surface area (Å²) in [6, 6.07) is 0.0196. The van der Waals surface area contributed by atoms with Gasteiger partial charge in [0.2, 0.25) is 0 Å². The van der Waals surface area contributed by atoms with E-state index < -0.39 is 5.60 Å². The van der Waals surface area contributed by atoms with E-state index in [1.165, 1.54) is 0 Å². The van der Waals surface area contributed by atoms with Crippen LogP contribution in [0.2, 0.25) is 0 Å². The molecule has 0 bridgehead atoms. The van der Waals surface area contributed by atoms with Crippen molar-refractivity contribution >= 4 is 36.0 Å². The van der Waals surface area contributed by atoms with Crippen LogP contribution in [0.25, 0.3) is 0 Å². The van der Waals surface area contributed by atoms with Crippen LogP contribution in [0.1, 0.15) is 53.9 Å². The second-order valence-corrected chi connectivity index (χ2v) is 9.11. The van der Waals surface area contributed by atoms with Crippen LogP contribution in [0, 0.1) is 5.92 Å². The highest BCUT2D eigenvalue weighted by molar-refractivity contribution is 14.0. The summed E-state index contributed by atoms with van der Waals surface area (Å²) >= 11 is 0. The van der Waals surface area contributed by atoms with Gasteiger partial charge in [-0.2, -0.15) is 0 Å². The zero-order valence-corrected chi connectivity index (χ0v) is 22.4. The first kappa shape index (κ1) is 29.2. The highest BCUT2D eigenvalue weighted by Crippen LogP contribution is 2.23. The average Bonchev–Trinajstić information content (AvgIpc) is 2.64. The number of guanidine groups is 1. The molecule has 1 atom stereocenters. The molecule has 0 aliphatic carbocycles. The number of aliphatic imine (C=N–C) groups is 1. The van der Waals surface area contributed by atoms with E-state index in [2.05, 4.69) is 34.4 Å². The molecule has 30 heavy (non-hydrogen) atoms. The van der Waals surface area contributed by atoms with Crippen LogP contribution >= 0.6 is 24.0 Å². The summed E-state index contributed by atoms with van der Waals surface area (Å²) in [5.74, 6) is 1.11.